The monoisotopic (exact) mass is 294 g/mol. The minimum Gasteiger partial charge on any atom is -0.202 e. The lowest BCUT2D eigenvalue weighted by Gasteiger charge is -2.30. The molecule has 0 spiro atoms. The van der Waals surface area contributed by atoms with Gasteiger partial charge in [-0.3, -0.25) is 0 Å². The first-order chi connectivity index (χ1) is 8.58. The highest BCUT2D eigenvalue weighted by Crippen LogP contribution is 2.38. The molecule has 1 heterocycles. The van der Waals surface area contributed by atoms with E-state index in [4.69, 9.17) is 11.6 Å². The highest BCUT2D eigenvalue weighted by atomic mass is 35.5. The third-order valence-corrected chi connectivity index (χ3v) is 6.35. The molecular formula is C12H23ClN2O2S. The molecule has 18 heavy (non-hydrogen) atoms. The third kappa shape index (κ3) is 3.38. The van der Waals surface area contributed by atoms with E-state index < -0.39 is 10.2 Å². The summed E-state index contributed by atoms with van der Waals surface area (Å²) in [6, 6.07) is 0. The van der Waals surface area contributed by atoms with Crippen LogP contribution in [0.25, 0.3) is 0 Å². The lowest BCUT2D eigenvalue weighted by molar-refractivity contribution is 0.317. The van der Waals surface area contributed by atoms with Crippen LogP contribution in [-0.4, -0.2) is 38.2 Å². The summed E-state index contributed by atoms with van der Waals surface area (Å²) >= 11 is 6.03. The molecule has 106 valence electrons. The van der Waals surface area contributed by atoms with Crippen molar-refractivity contribution in [3.8, 4) is 0 Å². The molecule has 1 saturated carbocycles. The van der Waals surface area contributed by atoms with Crippen LogP contribution in [0.5, 0.6) is 0 Å². The van der Waals surface area contributed by atoms with E-state index in [1.807, 2.05) is 0 Å². The topological polar surface area (TPSA) is 49.4 Å². The molecule has 1 N–H and O–H groups in total. The maximum absolute atomic E-state index is 12.2. The fourth-order valence-corrected chi connectivity index (χ4v) is 4.70. The fourth-order valence-electron chi connectivity index (χ4n) is 2.92. The van der Waals surface area contributed by atoms with Crippen molar-refractivity contribution in [1.82, 2.24) is 9.03 Å². The lowest BCUT2D eigenvalue weighted by atomic mass is 9.89. The standard InChI is InChI=1S/C12H23ClN2O2S/c13-10-12(6-2-3-7-12)11-14-18(16,17)15-8-4-1-5-9-15/h14H,1-11H2. The number of nitrogens with one attached hydrogen (secondary N) is 1. The molecule has 1 aliphatic carbocycles. The van der Waals surface area contributed by atoms with Crippen molar-refractivity contribution in [2.24, 2.45) is 5.41 Å². The summed E-state index contributed by atoms with van der Waals surface area (Å²) < 4.78 is 28.7. The lowest BCUT2D eigenvalue weighted by Crippen LogP contribution is -2.47. The van der Waals surface area contributed by atoms with Crippen LogP contribution in [0.15, 0.2) is 0 Å². The van der Waals surface area contributed by atoms with Gasteiger partial charge in [0.1, 0.15) is 0 Å². The van der Waals surface area contributed by atoms with Crippen molar-refractivity contribution < 1.29 is 8.42 Å². The van der Waals surface area contributed by atoms with Crippen molar-refractivity contribution in [2.45, 2.75) is 44.9 Å². The van der Waals surface area contributed by atoms with Gasteiger partial charge in [-0.25, -0.2) is 4.72 Å². The van der Waals surface area contributed by atoms with Crippen molar-refractivity contribution in [1.29, 1.82) is 0 Å². The molecule has 2 fully saturated rings. The Morgan fingerprint density at radius 3 is 2.22 bits per heavy atom. The van der Waals surface area contributed by atoms with Gasteiger partial charge in [0.2, 0.25) is 0 Å². The zero-order valence-corrected chi connectivity index (χ0v) is 12.4. The summed E-state index contributed by atoms with van der Waals surface area (Å²) in [7, 11) is -3.29. The molecule has 0 aromatic heterocycles. The van der Waals surface area contributed by atoms with Crippen LogP contribution in [0.1, 0.15) is 44.9 Å². The first kappa shape index (κ1) is 14.6. The Kier molecular flexibility index (Phi) is 4.92. The van der Waals surface area contributed by atoms with Crippen LogP contribution >= 0.6 is 11.6 Å². The van der Waals surface area contributed by atoms with Crippen molar-refractivity contribution in [2.75, 3.05) is 25.5 Å². The molecule has 2 aliphatic rings. The fraction of sp³-hybridized carbons (Fsp3) is 1.00. The molecule has 1 aliphatic heterocycles. The number of piperidine rings is 1. The second kappa shape index (κ2) is 6.07. The van der Waals surface area contributed by atoms with Crippen LogP contribution in [0.4, 0.5) is 0 Å². The Labute approximate surface area is 115 Å². The molecule has 4 nitrogen and oxygen atoms in total. The van der Waals surface area contributed by atoms with Crippen molar-refractivity contribution in [3.05, 3.63) is 0 Å². The van der Waals surface area contributed by atoms with Gasteiger partial charge < -0.3 is 0 Å². The molecule has 6 heteroatoms. The predicted octanol–water partition coefficient (Wildman–Crippen LogP) is 2.11. The second-order valence-corrected chi connectivity index (χ2v) is 7.65. The van der Waals surface area contributed by atoms with E-state index in [1.165, 1.54) is 0 Å². The van der Waals surface area contributed by atoms with Crippen molar-refractivity contribution >= 4 is 21.8 Å². The van der Waals surface area contributed by atoms with Crippen molar-refractivity contribution in [3.63, 3.8) is 0 Å². The number of halogens is 1. The molecule has 0 unspecified atom stereocenters. The summed E-state index contributed by atoms with van der Waals surface area (Å²) in [5.41, 5.74) is -0.00951. The van der Waals surface area contributed by atoms with Gasteiger partial charge in [-0.15, -0.1) is 11.6 Å². The van der Waals surface area contributed by atoms with E-state index in [1.54, 1.807) is 4.31 Å². The maximum atomic E-state index is 12.2. The van der Waals surface area contributed by atoms with E-state index in [0.29, 0.717) is 25.5 Å². The number of rotatable bonds is 5. The predicted molar refractivity (Wildman–Crippen MR) is 74.0 cm³/mol. The van der Waals surface area contributed by atoms with Crippen LogP contribution in [-0.2, 0) is 10.2 Å². The van der Waals surface area contributed by atoms with Gasteiger partial charge in [0, 0.05) is 25.5 Å². The van der Waals surface area contributed by atoms with Gasteiger partial charge in [0.05, 0.1) is 0 Å². The van der Waals surface area contributed by atoms with E-state index in [0.717, 1.165) is 44.9 Å². The highest BCUT2D eigenvalue weighted by Gasteiger charge is 2.35. The zero-order valence-electron chi connectivity index (χ0n) is 10.8. The minimum absolute atomic E-state index is 0.00951. The summed E-state index contributed by atoms with van der Waals surface area (Å²) in [6.45, 7) is 1.81. The Hall–Kier alpha value is 0.160. The Balaban J connectivity index is 1.91. The number of nitrogens with zero attached hydrogens (tertiary/aromatic N) is 1. The number of hydrogen-bond donors (Lipinski definition) is 1. The molecule has 0 atom stereocenters. The first-order valence-electron chi connectivity index (χ1n) is 6.89. The van der Waals surface area contributed by atoms with Gasteiger partial charge in [-0.1, -0.05) is 19.3 Å². The van der Waals surface area contributed by atoms with Crippen LogP contribution < -0.4 is 4.72 Å². The summed E-state index contributed by atoms with van der Waals surface area (Å²) in [5, 5.41) is 0. The number of alkyl halides is 1. The van der Waals surface area contributed by atoms with Crippen LogP contribution in [0.2, 0.25) is 0 Å². The molecular weight excluding hydrogens is 272 g/mol. The van der Waals surface area contributed by atoms with E-state index >= 15 is 0 Å². The molecule has 0 aromatic carbocycles. The van der Waals surface area contributed by atoms with Gasteiger partial charge in [-0.2, -0.15) is 12.7 Å². The molecule has 1 saturated heterocycles. The quantitative estimate of drug-likeness (QED) is 0.790. The highest BCUT2D eigenvalue weighted by molar-refractivity contribution is 7.87. The third-order valence-electron chi connectivity index (χ3n) is 4.23. The van der Waals surface area contributed by atoms with Crippen LogP contribution in [0.3, 0.4) is 0 Å². The first-order valence-corrected chi connectivity index (χ1v) is 8.86. The van der Waals surface area contributed by atoms with Gasteiger partial charge in [0.25, 0.3) is 10.2 Å². The zero-order chi connectivity index (χ0) is 13.1. The van der Waals surface area contributed by atoms with Gasteiger partial charge in [-0.05, 0) is 31.1 Å². The molecule has 2 rings (SSSR count). The Morgan fingerprint density at radius 2 is 1.67 bits per heavy atom. The second-order valence-electron chi connectivity index (χ2n) is 5.63. The number of hydrogen-bond acceptors (Lipinski definition) is 2. The summed E-state index contributed by atoms with van der Waals surface area (Å²) in [6.07, 6.45) is 7.50. The molecule has 0 amide bonds. The SMILES string of the molecule is O=S(=O)(NCC1(CCl)CCCC1)N1CCCCC1. The Bertz CT molecular complexity index is 360. The van der Waals surface area contributed by atoms with Crippen LogP contribution in [0, 0.1) is 5.41 Å². The normalized spacial score (nSPS) is 25.4. The molecule has 0 radical (unpaired) electrons. The van der Waals surface area contributed by atoms with Gasteiger partial charge in [0.15, 0.2) is 0 Å². The van der Waals surface area contributed by atoms with E-state index in [9.17, 15) is 8.42 Å². The molecule has 0 bridgehead atoms. The largest absolute Gasteiger partial charge is 0.279 e. The smallest absolute Gasteiger partial charge is 0.202 e. The average molecular weight is 295 g/mol. The van der Waals surface area contributed by atoms with Gasteiger partial charge >= 0.3 is 0 Å². The average Bonchev–Trinajstić information content (AvgIpc) is 2.87. The summed E-state index contributed by atoms with van der Waals surface area (Å²) in [5.74, 6) is 0.551. The Morgan fingerprint density at radius 1 is 1.06 bits per heavy atom. The maximum Gasteiger partial charge on any atom is 0.279 e. The van der Waals surface area contributed by atoms with E-state index in [-0.39, 0.29) is 5.41 Å². The van der Waals surface area contributed by atoms with E-state index in [2.05, 4.69) is 4.72 Å². The summed E-state index contributed by atoms with van der Waals surface area (Å²) in [4.78, 5) is 0. The minimum atomic E-state index is -3.29. The molecule has 0 aromatic rings.